The molecule has 0 aliphatic carbocycles. The van der Waals surface area contributed by atoms with Crippen LogP contribution in [0.25, 0.3) is 0 Å². The van der Waals surface area contributed by atoms with Crippen molar-refractivity contribution in [1.29, 1.82) is 0 Å². The van der Waals surface area contributed by atoms with Gasteiger partial charge in [-0.1, -0.05) is 34.1 Å². The molecule has 0 aromatic heterocycles. The Morgan fingerprint density at radius 1 is 1.09 bits per heavy atom. The van der Waals surface area contributed by atoms with Crippen molar-refractivity contribution >= 4 is 0 Å². The molecule has 58 valence electrons. The minimum Gasteiger partial charge on any atom is -0.854 e. The molecule has 0 amide bonds. The van der Waals surface area contributed by atoms with Crippen molar-refractivity contribution in [3.05, 3.63) is 0 Å². The third kappa shape index (κ3) is 94.0. The first kappa shape index (κ1) is 23.8. The van der Waals surface area contributed by atoms with Gasteiger partial charge in [-0.15, -0.1) is 12.2 Å². The van der Waals surface area contributed by atoms with Crippen LogP contribution in [-0.2, 0) is 0 Å². The molecule has 0 spiro atoms. The van der Waals surface area contributed by atoms with E-state index in [1.54, 1.807) is 20.8 Å². The second kappa shape index (κ2) is 15.7. The van der Waals surface area contributed by atoms with Gasteiger partial charge in [-0.25, -0.2) is 0 Å². The second-order valence-electron chi connectivity index (χ2n) is 2.82. The molecule has 0 radical (unpaired) electrons. The maximum absolute atomic E-state index is 10.1. The van der Waals surface area contributed by atoms with E-state index < -0.39 is 5.60 Å². The predicted octanol–water partition coefficient (Wildman–Crippen LogP) is -6.09. The van der Waals surface area contributed by atoms with E-state index >= 15 is 0 Å². The van der Waals surface area contributed by atoms with Crippen LogP contribution in [0.2, 0.25) is 0 Å². The van der Waals surface area contributed by atoms with Gasteiger partial charge in [0, 0.05) is 0 Å². The smallest absolute Gasteiger partial charge is 0.854 e. The zero-order valence-electron chi connectivity index (χ0n) is 8.73. The van der Waals surface area contributed by atoms with Gasteiger partial charge in [0.2, 0.25) is 0 Å². The maximum atomic E-state index is 10.1. The molecule has 0 unspecified atom stereocenters. The Morgan fingerprint density at radius 2 is 1.18 bits per heavy atom. The van der Waals surface area contributed by atoms with E-state index in [-0.39, 0.29) is 109 Å². The predicted molar refractivity (Wildman–Crippen MR) is 34.9 cm³/mol. The Bertz CT molecular complexity index is 44.9. The van der Waals surface area contributed by atoms with Gasteiger partial charge in [-0.2, -0.15) is 0 Å². The summed E-state index contributed by atoms with van der Waals surface area (Å²) in [5.41, 5.74) is -0.750. The molecule has 0 heterocycles. The van der Waals surface area contributed by atoms with Crippen molar-refractivity contribution in [3.63, 3.8) is 0 Å². The molecule has 0 aromatic carbocycles. The topological polar surface area (TPSA) is 46.1 Å². The van der Waals surface area contributed by atoms with Gasteiger partial charge in [0.1, 0.15) is 0 Å². The summed E-state index contributed by atoms with van der Waals surface area (Å²) in [6.45, 7) is 6.83. The minimum atomic E-state index is -0.750. The standard InChI is InChI=1S/C4H9O.C3H7O.2K/c1-4(2,3)5;1-2-3-4;;/h1-3H3;2-3H2,1H3;;/q2*-1;2*+1. The van der Waals surface area contributed by atoms with Gasteiger partial charge in [0.05, 0.1) is 0 Å². The normalized spacial score (nSPS) is 8.18. The first-order chi connectivity index (χ1) is 3.91. The van der Waals surface area contributed by atoms with Crippen LogP contribution >= 0.6 is 0 Å². The van der Waals surface area contributed by atoms with Crippen LogP contribution < -0.4 is 113 Å². The Balaban J connectivity index is -0.0000000383. The monoisotopic (exact) mass is 210 g/mol. The Morgan fingerprint density at radius 3 is 1.18 bits per heavy atom. The summed E-state index contributed by atoms with van der Waals surface area (Å²) < 4.78 is 0. The summed E-state index contributed by atoms with van der Waals surface area (Å²) in [4.78, 5) is 0. The van der Waals surface area contributed by atoms with E-state index in [1.165, 1.54) is 0 Å². The fourth-order valence-corrected chi connectivity index (χ4v) is 0. The molecule has 0 saturated carbocycles. The minimum absolute atomic E-state index is 0. The van der Waals surface area contributed by atoms with Gasteiger partial charge in [-0.3, -0.25) is 0 Å². The van der Waals surface area contributed by atoms with Crippen LogP contribution in [0.1, 0.15) is 34.1 Å². The zero-order valence-corrected chi connectivity index (χ0v) is 15.0. The van der Waals surface area contributed by atoms with Crippen molar-refractivity contribution in [3.8, 4) is 0 Å². The van der Waals surface area contributed by atoms with Crippen LogP contribution in [0.3, 0.4) is 0 Å². The van der Waals surface area contributed by atoms with Crippen molar-refractivity contribution < 1.29 is 113 Å². The summed E-state index contributed by atoms with van der Waals surface area (Å²) in [5, 5.41) is 19.4. The average Bonchev–Trinajstić information content (AvgIpc) is 1.61. The van der Waals surface area contributed by atoms with Gasteiger partial charge in [0.15, 0.2) is 0 Å². The van der Waals surface area contributed by atoms with Crippen LogP contribution in [0.4, 0.5) is 0 Å². The van der Waals surface area contributed by atoms with Gasteiger partial charge < -0.3 is 10.2 Å². The summed E-state index contributed by atoms with van der Waals surface area (Å²) in [5.74, 6) is 0. The molecule has 0 rings (SSSR count). The quantitative estimate of drug-likeness (QED) is 0.405. The molecular formula is C7H16K2O2. The van der Waals surface area contributed by atoms with Gasteiger partial charge in [0.25, 0.3) is 0 Å². The van der Waals surface area contributed by atoms with E-state index in [1.807, 2.05) is 6.92 Å². The fraction of sp³-hybridized carbons (Fsp3) is 1.00. The third-order valence-corrected chi connectivity index (χ3v) is 0.204. The molecule has 0 bridgehead atoms. The van der Waals surface area contributed by atoms with E-state index in [4.69, 9.17) is 0 Å². The van der Waals surface area contributed by atoms with Crippen LogP contribution in [0.5, 0.6) is 0 Å². The Hall–Kier alpha value is 3.19. The van der Waals surface area contributed by atoms with Crippen molar-refractivity contribution in [2.45, 2.75) is 39.7 Å². The van der Waals surface area contributed by atoms with E-state index in [0.717, 1.165) is 6.42 Å². The van der Waals surface area contributed by atoms with Crippen molar-refractivity contribution in [2.24, 2.45) is 0 Å². The van der Waals surface area contributed by atoms with Crippen LogP contribution in [0.15, 0.2) is 0 Å². The first-order valence-corrected chi connectivity index (χ1v) is 3.20. The van der Waals surface area contributed by atoms with Crippen molar-refractivity contribution in [2.75, 3.05) is 6.61 Å². The van der Waals surface area contributed by atoms with E-state index in [2.05, 4.69) is 0 Å². The van der Waals surface area contributed by atoms with E-state index in [9.17, 15) is 10.2 Å². The molecule has 11 heavy (non-hydrogen) atoms. The maximum Gasteiger partial charge on any atom is 1.00 e. The number of rotatable bonds is 1. The average molecular weight is 210 g/mol. The molecular weight excluding hydrogens is 194 g/mol. The van der Waals surface area contributed by atoms with Crippen LogP contribution in [-0.4, -0.2) is 12.2 Å². The van der Waals surface area contributed by atoms with Crippen LogP contribution in [0, 0.1) is 0 Å². The summed E-state index contributed by atoms with van der Waals surface area (Å²) in [7, 11) is 0. The Labute approximate surface area is 155 Å². The molecule has 0 fully saturated rings. The molecule has 0 N–H and O–H groups in total. The number of hydrogen-bond acceptors (Lipinski definition) is 2. The van der Waals surface area contributed by atoms with Crippen molar-refractivity contribution in [1.82, 2.24) is 0 Å². The summed E-state index contributed by atoms with van der Waals surface area (Å²) in [6.07, 6.45) is 0.764. The second-order valence-corrected chi connectivity index (χ2v) is 2.82. The molecule has 0 atom stereocenters. The largest absolute Gasteiger partial charge is 1.00 e. The fourth-order valence-electron chi connectivity index (χ4n) is 0. The summed E-state index contributed by atoms with van der Waals surface area (Å²) in [6, 6.07) is 0. The van der Waals surface area contributed by atoms with Gasteiger partial charge in [-0.05, 0) is 0 Å². The first-order valence-electron chi connectivity index (χ1n) is 3.20. The molecule has 2 nitrogen and oxygen atoms in total. The van der Waals surface area contributed by atoms with Gasteiger partial charge >= 0.3 is 103 Å². The molecule has 0 aromatic rings. The SMILES string of the molecule is CC(C)(C)[O-].CCC[O-].[K+].[K+]. The van der Waals surface area contributed by atoms with E-state index in [0.29, 0.717) is 0 Å². The number of hydrogen-bond donors (Lipinski definition) is 0. The molecule has 4 heteroatoms. The third-order valence-electron chi connectivity index (χ3n) is 0.204. The Kier molecular flexibility index (Phi) is 33.8. The molecule has 0 aliphatic heterocycles. The summed E-state index contributed by atoms with van der Waals surface area (Å²) >= 11 is 0. The molecule has 0 saturated heterocycles. The zero-order chi connectivity index (χ0) is 7.91. The molecule has 0 aliphatic rings.